The van der Waals surface area contributed by atoms with E-state index in [1.807, 2.05) is 30.5 Å². The number of methoxy groups -OCH3 is 2. The number of hydrogen-bond acceptors (Lipinski definition) is 6. The zero-order valence-corrected chi connectivity index (χ0v) is 22.0. The lowest BCUT2D eigenvalue weighted by molar-refractivity contribution is 0.0997. The quantitative estimate of drug-likeness (QED) is 0.402. The van der Waals surface area contributed by atoms with Crippen molar-refractivity contribution in [2.45, 2.75) is 25.3 Å². The first kappa shape index (κ1) is 26.5. The molecule has 1 heterocycles. The van der Waals surface area contributed by atoms with Gasteiger partial charge in [0.15, 0.2) is 4.80 Å². The van der Waals surface area contributed by atoms with E-state index in [9.17, 15) is 13.2 Å². The monoisotopic (exact) mass is 525 g/mol. The van der Waals surface area contributed by atoms with Crippen LogP contribution in [0.4, 0.5) is 0 Å². The van der Waals surface area contributed by atoms with E-state index >= 15 is 0 Å². The SMILES string of the molecule is CCn1c(=NC(=O)c2ccc(S(=O)(=O)N(CCOC)CCOC)cc2)sc2cc(Cl)cc(C)c21. The molecule has 0 saturated heterocycles. The summed E-state index contributed by atoms with van der Waals surface area (Å²) in [7, 11) is -0.740. The van der Waals surface area contributed by atoms with Crippen LogP contribution in [0.5, 0.6) is 0 Å². The van der Waals surface area contributed by atoms with Crippen LogP contribution in [0.1, 0.15) is 22.8 Å². The first-order chi connectivity index (χ1) is 16.2. The van der Waals surface area contributed by atoms with E-state index in [1.54, 1.807) is 0 Å². The smallest absolute Gasteiger partial charge is 0.279 e. The molecular weight excluding hydrogens is 498 g/mol. The summed E-state index contributed by atoms with van der Waals surface area (Å²) in [5.74, 6) is -0.447. The highest BCUT2D eigenvalue weighted by molar-refractivity contribution is 7.89. The van der Waals surface area contributed by atoms with Crippen LogP contribution in [0, 0.1) is 6.92 Å². The van der Waals surface area contributed by atoms with Crippen molar-refractivity contribution in [1.29, 1.82) is 0 Å². The third-order valence-corrected chi connectivity index (χ3v) is 8.43. The van der Waals surface area contributed by atoms with E-state index in [0.717, 1.165) is 15.8 Å². The molecular formula is C23H28ClN3O5S2. The lowest BCUT2D eigenvalue weighted by Gasteiger charge is -2.21. The number of sulfonamides is 1. The van der Waals surface area contributed by atoms with Crippen LogP contribution in [0.3, 0.4) is 0 Å². The molecule has 0 spiro atoms. The number of carbonyl (C=O) groups is 1. The zero-order chi connectivity index (χ0) is 24.9. The Balaban J connectivity index is 1.92. The number of benzene rings is 2. The fourth-order valence-electron chi connectivity index (χ4n) is 3.56. The molecule has 1 aromatic heterocycles. The van der Waals surface area contributed by atoms with Crippen LogP contribution < -0.4 is 4.80 Å². The topological polar surface area (TPSA) is 90.2 Å². The number of aryl methyl sites for hydroxylation is 2. The van der Waals surface area contributed by atoms with Crippen LogP contribution in [0.2, 0.25) is 5.02 Å². The van der Waals surface area contributed by atoms with Crippen LogP contribution in [-0.4, -0.2) is 63.7 Å². The Labute approximate surface area is 208 Å². The van der Waals surface area contributed by atoms with Crippen molar-refractivity contribution in [2.24, 2.45) is 4.99 Å². The zero-order valence-electron chi connectivity index (χ0n) is 19.6. The Kier molecular flexibility index (Phi) is 9.02. The van der Waals surface area contributed by atoms with Crippen LogP contribution in [-0.2, 0) is 26.0 Å². The second-order valence-electron chi connectivity index (χ2n) is 7.53. The van der Waals surface area contributed by atoms with Crippen molar-refractivity contribution in [3.8, 4) is 0 Å². The molecule has 0 aliphatic carbocycles. The Hall–Kier alpha value is -2.08. The molecule has 8 nitrogen and oxygen atoms in total. The molecule has 0 unspecified atom stereocenters. The molecule has 3 aromatic rings. The molecule has 3 rings (SSSR count). The fourth-order valence-corrected chi connectivity index (χ4v) is 6.52. The number of ether oxygens (including phenoxy) is 2. The van der Waals surface area contributed by atoms with Gasteiger partial charge in [-0.15, -0.1) is 0 Å². The molecule has 1 amide bonds. The van der Waals surface area contributed by atoms with E-state index in [4.69, 9.17) is 21.1 Å². The Morgan fingerprint density at radius 1 is 1.12 bits per heavy atom. The number of aromatic nitrogens is 1. The molecule has 0 aliphatic heterocycles. The van der Waals surface area contributed by atoms with E-state index in [1.165, 1.54) is 54.1 Å². The summed E-state index contributed by atoms with van der Waals surface area (Å²) in [6.07, 6.45) is 0. The minimum atomic E-state index is -3.77. The van der Waals surface area contributed by atoms with Crippen molar-refractivity contribution >= 4 is 49.1 Å². The molecule has 0 aliphatic rings. The van der Waals surface area contributed by atoms with E-state index in [0.29, 0.717) is 21.9 Å². The molecule has 184 valence electrons. The lowest BCUT2D eigenvalue weighted by Crippen LogP contribution is -2.36. The van der Waals surface area contributed by atoms with Crippen molar-refractivity contribution in [3.63, 3.8) is 0 Å². The maximum Gasteiger partial charge on any atom is 0.279 e. The van der Waals surface area contributed by atoms with Crippen molar-refractivity contribution in [2.75, 3.05) is 40.5 Å². The average molecular weight is 526 g/mol. The number of nitrogens with zero attached hydrogens (tertiary/aromatic N) is 3. The molecule has 0 bridgehead atoms. The van der Waals surface area contributed by atoms with E-state index in [2.05, 4.69) is 4.99 Å². The van der Waals surface area contributed by atoms with Gasteiger partial charge < -0.3 is 14.0 Å². The second-order valence-corrected chi connectivity index (χ2v) is 10.9. The van der Waals surface area contributed by atoms with E-state index in [-0.39, 0.29) is 31.2 Å². The second kappa shape index (κ2) is 11.6. The standard InChI is InChI=1S/C23H28ClN3O5S2/c1-5-27-21-16(2)14-18(24)15-20(21)33-23(27)25-22(28)17-6-8-19(9-7-17)34(29,30)26(10-12-31-3)11-13-32-4/h6-9,14-15H,5,10-13H2,1-4H3. The normalized spacial score (nSPS) is 12.7. The maximum atomic E-state index is 13.1. The first-order valence-electron chi connectivity index (χ1n) is 10.7. The first-order valence-corrected chi connectivity index (χ1v) is 13.3. The number of fused-ring (bicyclic) bond motifs is 1. The van der Waals surface area contributed by atoms with Crippen LogP contribution in [0.15, 0.2) is 46.3 Å². The minimum absolute atomic E-state index is 0.0898. The van der Waals surface area contributed by atoms with E-state index < -0.39 is 15.9 Å². The van der Waals surface area contributed by atoms with Gasteiger partial charge in [0.05, 0.1) is 28.3 Å². The van der Waals surface area contributed by atoms with Gasteiger partial charge in [0.25, 0.3) is 5.91 Å². The van der Waals surface area contributed by atoms with Gasteiger partial charge in [0.1, 0.15) is 0 Å². The molecule has 0 saturated carbocycles. The Morgan fingerprint density at radius 3 is 2.29 bits per heavy atom. The number of rotatable bonds is 10. The van der Waals surface area contributed by atoms with Gasteiger partial charge >= 0.3 is 0 Å². The minimum Gasteiger partial charge on any atom is -0.383 e. The molecule has 34 heavy (non-hydrogen) atoms. The fraction of sp³-hybridized carbons (Fsp3) is 0.391. The van der Waals surface area contributed by atoms with Crippen LogP contribution in [0.25, 0.3) is 10.2 Å². The lowest BCUT2D eigenvalue weighted by atomic mass is 10.2. The molecule has 0 fully saturated rings. The van der Waals surface area contributed by atoms with Gasteiger partial charge in [-0.05, 0) is 55.8 Å². The molecule has 0 N–H and O–H groups in total. The average Bonchev–Trinajstić information content (AvgIpc) is 3.16. The predicted molar refractivity (Wildman–Crippen MR) is 134 cm³/mol. The summed E-state index contributed by atoms with van der Waals surface area (Å²) < 4.78 is 40.4. The summed E-state index contributed by atoms with van der Waals surface area (Å²) in [5.41, 5.74) is 2.31. The summed E-state index contributed by atoms with van der Waals surface area (Å²) in [6, 6.07) is 9.56. The molecule has 0 atom stereocenters. The van der Waals surface area contributed by atoms with Crippen LogP contribution >= 0.6 is 22.9 Å². The van der Waals surface area contributed by atoms with Gasteiger partial charge in [0, 0.05) is 44.4 Å². The molecule has 0 radical (unpaired) electrons. The highest BCUT2D eigenvalue weighted by atomic mass is 35.5. The molecule has 11 heteroatoms. The number of carbonyl (C=O) groups excluding carboxylic acids is 1. The largest absolute Gasteiger partial charge is 0.383 e. The maximum absolute atomic E-state index is 13.1. The Bertz CT molecular complexity index is 1320. The summed E-state index contributed by atoms with van der Waals surface area (Å²) >= 11 is 7.58. The highest BCUT2D eigenvalue weighted by Gasteiger charge is 2.24. The Morgan fingerprint density at radius 2 is 1.74 bits per heavy atom. The number of hydrogen-bond donors (Lipinski definition) is 0. The summed E-state index contributed by atoms with van der Waals surface area (Å²) in [4.78, 5) is 17.9. The van der Waals surface area contributed by atoms with Gasteiger partial charge in [-0.2, -0.15) is 9.30 Å². The molecule has 2 aromatic carbocycles. The van der Waals surface area contributed by atoms with Gasteiger partial charge in [-0.3, -0.25) is 4.79 Å². The highest BCUT2D eigenvalue weighted by Crippen LogP contribution is 2.26. The number of thiazole rings is 1. The predicted octanol–water partition coefficient (Wildman–Crippen LogP) is 3.71. The summed E-state index contributed by atoms with van der Waals surface area (Å²) in [6.45, 7) is 5.52. The van der Waals surface area contributed by atoms with Crippen molar-refractivity contribution in [3.05, 3.63) is 57.3 Å². The number of halogens is 1. The third kappa shape index (κ3) is 5.76. The van der Waals surface area contributed by atoms with Gasteiger partial charge in [-0.1, -0.05) is 22.9 Å². The number of amides is 1. The third-order valence-electron chi connectivity index (χ3n) is 5.27. The van der Waals surface area contributed by atoms with Gasteiger partial charge in [-0.25, -0.2) is 8.42 Å². The summed E-state index contributed by atoms with van der Waals surface area (Å²) in [5, 5.41) is 0.634. The van der Waals surface area contributed by atoms with Gasteiger partial charge in [0.2, 0.25) is 10.0 Å². The van der Waals surface area contributed by atoms with Crippen molar-refractivity contribution in [1.82, 2.24) is 8.87 Å². The van der Waals surface area contributed by atoms with Crippen molar-refractivity contribution < 1.29 is 22.7 Å².